The summed E-state index contributed by atoms with van der Waals surface area (Å²) in [6.45, 7) is 4.04. The van der Waals surface area contributed by atoms with Crippen LogP contribution in [0.1, 0.15) is 37.8 Å². The van der Waals surface area contributed by atoms with Gasteiger partial charge in [-0.05, 0) is 85.1 Å². The van der Waals surface area contributed by atoms with Gasteiger partial charge in [0.25, 0.3) is 10.0 Å². The molecule has 0 aromatic heterocycles. The molecule has 0 unspecified atom stereocenters. The molecule has 4 aromatic carbocycles. The smallest absolute Gasteiger partial charge is 0.264 e. The molecule has 1 atom stereocenters. The first-order chi connectivity index (χ1) is 22.6. The number of carbonyl (C=O) groups is 2. The Labute approximate surface area is 281 Å². The van der Waals surface area contributed by atoms with Gasteiger partial charge in [-0.25, -0.2) is 12.8 Å². The van der Waals surface area contributed by atoms with E-state index < -0.39 is 34.3 Å². The molecule has 0 bridgehead atoms. The molecule has 0 saturated heterocycles. The Hall–Kier alpha value is -4.41. The predicted molar refractivity (Wildman–Crippen MR) is 182 cm³/mol. The van der Waals surface area contributed by atoms with Crippen LogP contribution in [0.4, 0.5) is 10.1 Å². The number of rotatable bonds is 16. The highest BCUT2D eigenvalue weighted by Gasteiger charge is 2.34. The molecular formula is C36H39ClFN3O5S. The Bertz CT molecular complexity index is 1720. The molecule has 0 spiro atoms. The van der Waals surface area contributed by atoms with Crippen molar-refractivity contribution in [3.05, 3.63) is 125 Å². The molecule has 11 heteroatoms. The predicted octanol–water partition coefficient (Wildman–Crippen LogP) is 6.63. The van der Waals surface area contributed by atoms with Crippen LogP contribution in [0.2, 0.25) is 5.02 Å². The quantitative estimate of drug-likeness (QED) is 0.134. The Morgan fingerprint density at radius 3 is 2.21 bits per heavy atom. The summed E-state index contributed by atoms with van der Waals surface area (Å²) < 4.78 is 48.5. The number of amides is 2. The van der Waals surface area contributed by atoms with E-state index in [1.165, 1.54) is 4.90 Å². The van der Waals surface area contributed by atoms with Gasteiger partial charge in [-0.2, -0.15) is 0 Å². The number of carbonyl (C=O) groups excluding carboxylic acids is 2. The second-order valence-electron chi connectivity index (χ2n) is 10.9. The summed E-state index contributed by atoms with van der Waals surface area (Å²) >= 11 is 6.30. The number of nitrogens with zero attached hydrogens (tertiary/aromatic N) is 2. The van der Waals surface area contributed by atoms with Gasteiger partial charge in [0.2, 0.25) is 11.8 Å². The molecule has 1 N–H and O–H groups in total. The minimum absolute atomic E-state index is 0.00813. The Morgan fingerprint density at radius 2 is 1.57 bits per heavy atom. The maximum atomic E-state index is 14.5. The lowest BCUT2D eigenvalue weighted by atomic mass is 10.0. The summed E-state index contributed by atoms with van der Waals surface area (Å²) in [6.07, 6.45) is 1.82. The second-order valence-corrected chi connectivity index (χ2v) is 13.2. The first-order valence-corrected chi connectivity index (χ1v) is 17.3. The van der Waals surface area contributed by atoms with Crippen molar-refractivity contribution in [1.29, 1.82) is 0 Å². The molecular weight excluding hydrogens is 641 g/mol. The molecule has 0 aliphatic heterocycles. The van der Waals surface area contributed by atoms with Crippen LogP contribution in [-0.2, 0) is 32.6 Å². The van der Waals surface area contributed by atoms with E-state index >= 15 is 0 Å². The average molecular weight is 680 g/mol. The van der Waals surface area contributed by atoms with Crippen LogP contribution in [0.15, 0.2) is 108 Å². The van der Waals surface area contributed by atoms with Crippen LogP contribution in [0.25, 0.3) is 0 Å². The van der Waals surface area contributed by atoms with Crippen molar-refractivity contribution < 1.29 is 27.1 Å². The topological polar surface area (TPSA) is 96.0 Å². The first kappa shape index (κ1) is 35.4. The van der Waals surface area contributed by atoms with E-state index in [-0.39, 0.29) is 29.5 Å². The molecule has 0 saturated carbocycles. The Kier molecular flexibility index (Phi) is 12.8. The summed E-state index contributed by atoms with van der Waals surface area (Å²) in [6, 6.07) is 26.0. The van der Waals surface area contributed by atoms with Crippen molar-refractivity contribution in [2.24, 2.45) is 0 Å². The zero-order valence-electron chi connectivity index (χ0n) is 26.4. The maximum Gasteiger partial charge on any atom is 0.264 e. The largest absolute Gasteiger partial charge is 0.494 e. The SMILES string of the molecule is CCCCNC(=O)[C@H](Cc1ccccc1)N(Cc1cccc(Cl)c1)C(=O)CN(c1ccc(OCC)cc1)S(=O)(=O)c1ccc(F)cc1. The third kappa shape index (κ3) is 9.79. The summed E-state index contributed by atoms with van der Waals surface area (Å²) in [5, 5.41) is 3.42. The second kappa shape index (κ2) is 16.9. The molecule has 2 amide bonds. The lowest BCUT2D eigenvalue weighted by molar-refractivity contribution is -0.140. The van der Waals surface area contributed by atoms with Crippen molar-refractivity contribution in [3.63, 3.8) is 0 Å². The molecule has 0 aliphatic rings. The van der Waals surface area contributed by atoms with Gasteiger partial charge >= 0.3 is 0 Å². The van der Waals surface area contributed by atoms with E-state index in [0.717, 1.165) is 47.0 Å². The van der Waals surface area contributed by atoms with Crippen molar-refractivity contribution >= 4 is 39.1 Å². The van der Waals surface area contributed by atoms with Gasteiger partial charge in [-0.15, -0.1) is 0 Å². The monoisotopic (exact) mass is 679 g/mol. The molecule has 0 aliphatic carbocycles. The van der Waals surface area contributed by atoms with Crippen LogP contribution >= 0.6 is 11.6 Å². The van der Waals surface area contributed by atoms with E-state index in [1.54, 1.807) is 48.5 Å². The van der Waals surface area contributed by atoms with Crippen LogP contribution in [0.5, 0.6) is 5.75 Å². The minimum atomic E-state index is -4.37. The fraction of sp³-hybridized carbons (Fsp3) is 0.278. The third-order valence-corrected chi connectivity index (χ3v) is 9.48. The Morgan fingerprint density at radius 1 is 0.894 bits per heavy atom. The van der Waals surface area contributed by atoms with E-state index in [1.807, 2.05) is 44.2 Å². The number of halogens is 2. The molecule has 0 heterocycles. The highest BCUT2D eigenvalue weighted by molar-refractivity contribution is 7.92. The average Bonchev–Trinajstić information content (AvgIpc) is 3.06. The number of anilines is 1. The summed E-state index contributed by atoms with van der Waals surface area (Å²) in [7, 11) is -4.37. The van der Waals surface area contributed by atoms with Gasteiger partial charge < -0.3 is 15.0 Å². The van der Waals surface area contributed by atoms with Gasteiger partial charge in [-0.3, -0.25) is 13.9 Å². The lowest BCUT2D eigenvalue weighted by Gasteiger charge is -2.34. The lowest BCUT2D eigenvalue weighted by Crippen LogP contribution is -2.53. The zero-order valence-corrected chi connectivity index (χ0v) is 28.0. The van der Waals surface area contributed by atoms with Crippen LogP contribution in [0, 0.1) is 5.82 Å². The van der Waals surface area contributed by atoms with Crippen LogP contribution < -0.4 is 14.4 Å². The van der Waals surface area contributed by atoms with E-state index in [2.05, 4.69) is 5.32 Å². The van der Waals surface area contributed by atoms with Gasteiger partial charge in [-0.1, -0.05) is 67.4 Å². The van der Waals surface area contributed by atoms with Crippen molar-refractivity contribution in [3.8, 4) is 5.75 Å². The molecule has 248 valence electrons. The molecule has 4 rings (SSSR count). The van der Waals surface area contributed by atoms with Gasteiger partial charge in [0.15, 0.2) is 0 Å². The van der Waals surface area contributed by atoms with Crippen molar-refractivity contribution in [1.82, 2.24) is 10.2 Å². The van der Waals surface area contributed by atoms with Gasteiger partial charge in [0, 0.05) is 24.5 Å². The fourth-order valence-electron chi connectivity index (χ4n) is 5.03. The summed E-state index contributed by atoms with van der Waals surface area (Å²) in [5.74, 6) is -1.04. The normalized spacial score (nSPS) is 11.8. The minimum Gasteiger partial charge on any atom is -0.494 e. The number of sulfonamides is 1. The number of hydrogen-bond donors (Lipinski definition) is 1. The number of hydrogen-bond acceptors (Lipinski definition) is 5. The number of nitrogens with one attached hydrogen (secondary N) is 1. The molecule has 0 radical (unpaired) electrons. The van der Waals surface area contributed by atoms with Gasteiger partial charge in [0.05, 0.1) is 17.2 Å². The zero-order chi connectivity index (χ0) is 33.8. The maximum absolute atomic E-state index is 14.5. The van der Waals surface area contributed by atoms with Crippen LogP contribution in [0.3, 0.4) is 0 Å². The Balaban J connectivity index is 1.79. The van der Waals surface area contributed by atoms with Crippen molar-refractivity contribution in [2.75, 3.05) is 24.0 Å². The van der Waals surface area contributed by atoms with E-state index in [4.69, 9.17) is 16.3 Å². The number of benzene rings is 4. The fourth-order valence-corrected chi connectivity index (χ4v) is 6.66. The molecule has 4 aromatic rings. The summed E-state index contributed by atoms with van der Waals surface area (Å²) in [4.78, 5) is 29.5. The highest BCUT2D eigenvalue weighted by atomic mass is 35.5. The van der Waals surface area contributed by atoms with E-state index in [0.29, 0.717) is 29.5 Å². The number of unbranched alkanes of at least 4 members (excludes halogenated alkanes) is 1. The van der Waals surface area contributed by atoms with Crippen LogP contribution in [-0.4, -0.2) is 50.9 Å². The van der Waals surface area contributed by atoms with E-state index in [9.17, 15) is 22.4 Å². The first-order valence-electron chi connectivity index (χ1n) is 15.5. The molecule has 47 heavy (non-hydrogen) atoms. The van der Waals surface area contributed by atoms with Gasteiger partial charge in [0.1, 0.15) is 24.2 Å². The number of ether oxygens (including phenoxy) is 1. The molecule has 0 fully saturated rings. The highest BCUT2D eigenvalue weighted by Crippen LogP contribution is 2.27. The standard InChI is InChI=1S/C36H39ClFN3O5S/c1-3-5-22-39-36(43)34(24-27-10-7-6-8-11-27)40(25-28-12-9-13-29(37)23-28)35(42)26-41(31-16-18-32(19-17-31)46-4-2)47(44,45)33-20-14-30(38)15-21-33/h6-21,23,34H,3-5,22,24-26H2,1-2H3,(H,39,43)/t34-/m0/s1. The molecule has 8 nitrogen and oxygen atoms in total. The summed E-state index contributed by atoms with van der Waals surface area (Å²) in [5.41, 5.74) is 1.69. The van der Waals surface area contributed by atoms with Crippen molar-refractivity contribution in [2.45, 2.75) is 50.6 Å². The third-order valence-electron chi connectivity index (χ3n) is 7.46.